The molecular weight excluding hydrogens is 228 g/mol. The van der Waals surface area contributed by atoms with Crippen molar-refractivity contribution in [2.45, 2.75) is 24.7 Å². The molecule has 2 aliphatic heterocycles. The van der Waals surface area contributed by atoms with E-state index < -0.39 is 18.2 Å². The van der Waals surface area contributed by atoms with Crippen LogP contribution in [0.3, 0.4) is 0 Å². The first-order chi connectivity index (χ1) is 8.10. The molecular formula is C10H16N2O5. The second kappa shape index (κ2) is 4.89. The Morgan fingerprint density at radius 2 is 2.47 bits per heavy atom. The molecule has 96 valence electrons. The van der Waals surface area contributed by atoms with Crippen LogP contribution in [0.4, 0.5) is 4.79 Å². The third-order valence-corrected chi connectivity index (χ3v) is 3.04. The van der Waals surface area contributed by atoms with Gasteiger partial charge < -0.3 is 19.9 Å². The molecule has 7 heteroatoms. The van der Waals surface area contributed by atoms with E-state index in [2.05, 4.69) is 10.1 Å². The first kappa shape index (κ1) is 12.1. The smallest absolute Gasteiger partial charge is 0.407 e. The van der Waals surface area contributed by atoms with Crippen molar-refractivity contribution in [3.8, 4) is 0 Å². The van der Waals surface area contributed by atoms with E-state index in [0.29, 0.717) is 26.1 Å². The first-order valence-corrected chi connectivity index (χ1v) is 5.54. The van der Waals surface area contributed by atoms with Crippen LogP contribution in [0.2, 0.25) is 0 Å². The minimum atomic E-state index is -0.538. The molecule has 0 aromatic rings. The van der Waals surface area contributed by atoms with Crippen molar-refractivity contribution in [2.24, 2.45) is 0 Å². The third kappa shape index (κ3) is 2.67. The lowest BCUT2D eigenvalue weighted by Crippen LogP contribution is -2.42. The monoisotopic (exact) mass is 244 g/mol. The van der Waals surface area contributed by atoms with Crippen LogP contribution < -0.4 is 5.32 Å². The van der Waals surface area contributed by atoms with Gasteiger partial charge >= 0.3 is 12.1 Å². The summed E-state index contributed by atoms with van der Waals surface area (Å²) in [4.78, 5) is 24.2. The van der Waals surface area contributed by atoms with Gasteiger partial charge in [0, 0.05) is 19.5 Å². The van der Waals surface area contributed by atoms with E-state index in [1.54, 1.807) is 4.90 Å². The third-order valence-electron chi connectivity index (χ3n) is 3.04. The number of esters is 1. The number of hydrogen-bond acceptors (Lipinski definition) is 6. The Balaban J connectivity index is 1.93. The van der Waals surface area contributed by atoms with Gasteiger partial charge in [-0.3, -0.25) is 9.69 Å². The van der Waals surface area contributed by atoms with Crippen LogP contribution in [-0.2, 0) is 14.3 Å². The van der Waals surface area contributed by atoms with Gasteiger partial charge in [0.15, 0.2) is 0 Å². The molecule has 2 saturated heterocycles. The molecule has 2 aliphatic rings. The average Bonchev–Trinajstić information content (AvgIpc) is 2.85. The Labute approximate surface area is 98.7 Å². The van der Waals surface area contributed by atoms with Crippen LogP contribution in [0.1, 0.15) is 6.42 Å². The zero-order valence-electron chi connectivity index (χ0n) is 9.59. The van der Waals surface area contributed by atoms with Crippen molar-refractivity contribution in [3.05, 3.63) is 0 Å². The fourth-order valence-electron chi connectivity index (χ4n) is 2.26. The zero-order chi connectivity index (χ0) is 12.4. The highest BCUT2D eigenvalue weighted by atomic mass is 16.6. The summed E-state index contributed by atoms with van der Waals surface area (Å²) < 4.78 is 9.68. The summed E-state index contributed by atoms with van der Waals surface area (Å²) in [6.45, 7) is 1.25. The van der Waals surface area contributed by atoms with Gasteiger partial charge in [0.2, 0.25) is 0 Å². The highest BCUT2D eigenvalue weighted by molar-refractivity contribution is 5.76. The van der Waals surface area contributed by atoms with Gasteiger partial charge in [0.25, 0.3) is 0 Å². The van der Waals surface area contributed by atoms with Gasteiger partial charge in [-0.1, -0.05) is 0 Å². The maximum atomic E-state index is 11.5. The molecule has 0 aromatic carbocycles. The number of alkyl carbamates (subject to hydrolysis) is 1. The summed E-state index contributed by atoms with van der Waals surface area (Å²) in [6, 6.07) is -0.450. The highest BCUT2D eigenvalue weighted by Gasteiger charge is 2.39. The number of aliphatic hydroxyl groups excluding tert-OH is 1. The molecule has 2 N–H and O–H groups in total. The fourth-order valence-corrected chi connectivity index (χ4v) is 2.26. The molecule has 2 fully saturated rings. The number of methoxy groups -OCH3 is 1. The van der Waals surface area contributed by atoms with E-state index in [-0.39, 0.29) is 12.1 Å². The SMILES string of the molecule is COC(=O)C1CC(O)CN1CC1CNC(=O)O1. The number of nitrogens with one attached hydrogen (secondary N) is 1. The summed E-state index contributed by atoms with van der Waals surface area (Å²) in [5.41, 5.74) is 0. The molecule has 0 aromatic heterocycles. The van der Waals surface area contributed by atoms with E-state index in [1.165, 1.54) is 7.11 Å². The summed E-state index contributed by atoms with van der Waals surface area (Å²) in [6.07, 6.45) is -0.894. The summed E-state index contributed by atoms with van der Waals surface area (Å²) >= 11 is 0. The number of amides is 1. The fraction of sp³-hybridized carbons (Fsp3) is 0.800. The molecule has 2 rings (SSSR count). The molecule has 1 amide bonds. The second-order valence-corrected chi connectivity index (χ2v) is 4.29. The molecule has 7 nitrogen and oxygen atoms in total. The van der Waals surface area contributed by atoms with E-state index in [4.69, 9.17) is 4.74 Å². The second-order valence-electron chi connectivity index (χ2n) is 4.29. The van der Waals surface area contributed by atoms with Gasteiger partial charge in [-0.05, 0) is 0 Å². The van der Waals surface area contributed by atoms with E-state index in [0.717, 1.165) is 0 Å². The first-order valence-electron chi connectivity index (χ1n) is 5.54. The number of carbonyl (C=O) groups excluding carboxylic acids is 2. The van der Waals surface area contributed by atoms with Gasteiger partial charge in [0.05, 0.1) is 19.8 Å². The average molecular weight is 244 g/mol. The predicted molar refractivity (Wildman–Crippen MR) is 56.3 cm³/mol. The number of carbonyl (C=O) groups is 2. The molecule has 0 saturated carbocycles. The van der Waals surface area contributed by atoms with Gasteiger partial charge in [-0.25, -0.2) is 4.79 Å². The minimum Gasteiger partial charge on any atom is -0.468 e. The van der Waals surface area contributed by atoms with E-state index >= 15 is 0 Å². The van der Waals surface area contributed by atoms with Crippen molar-refractivity contribution < 1.29 is 24.2 Å². The quantitative estimate of drug-likeness (QED) is 0.600. The number of aliphatic hydroxyl groups is 1. The van der Waals surface area contributed by atoms with Crippen LogP contribution in [0, 0.1) is 0 Å². The molecule has 0 aliphatic carbocycles. The topological polar surface area (TPSA) is 88.1 Å². The molecule has 17 heavy (non-hydrogen) atoms. The standard InChI is InChI=1S/C10H16N2O5/c1-16-9(14)8-2-6(13)4-12(8)5-7-3-11-10(15)17-7/h6-8,13H,2-5H2,1H3,(H,11,15). The largest absolute Gasteiger partial charge is 0.468 e. The van der Waals surface area contributed by atoms with Crippen molar-refractivity contribution in [1.29, 1.82) is 0 Å². The van der Waals surface area contributed by atoms with Crippen molar-refractivity contribution in [3.63, 3.8) is 0 Å². The van der Waals surface area contributed by atoms with Crippen LogP contribution in [0.15, 0.2) is 0 Å². The van der Waals surface area contributed by atoms with Crippen molar-refractivity contribution >= 4 is 12.1 Å². The van der Waals surface area contributed by atoms with Crippen LogP contribution in [-0.4, -0.2) is 67.1 Å². The Morgan fingerprint density at radius 3 is 3.06 bits per heavy atom. The van der Waals surface area contributed by atoms with Crippen molar-refractivity contribution in [2.75, 3.05) is 26.7 Å². The lowest BCUT2D eigenvalue weighted by Gasteiger charge is -2.23. The normalized spacial score (nSPS) is 33.3. The molecule has 2 heterocycles. The number of rotatable bonds is 3. The number of cyclic esters (lactones) is 1. The maximum absolute atomic E-state index is 11.5. The summed E-state index contributed by atoms with van der Waals surface area (Å²) in [5.74, 6) is -0.362. The molecule has 3 unspecified atom stereocenters. The van der Waals surface area contributed by atoms with Crippen LogP contribution in [0.25, 0.3) is 0 Å². The molecule has 0 radical (unpaired) electrons. The van der Waals surface area contributed by atoms with Gasteiger partial charge in [-0.2, -0.15) is 0 Å². The molecule has 0 bridgehead atoms. The number of ether oxygens (including phenoxy) is 2. The zero-order valence-corrected chi connectivity index (χ0v) is 9.59. The summed E-state index contributed by atoms with van der Waals surface area (Å²) in [7, 11) is 1.32. The Bertz CT molecular complexity index is 322. The molecule has 3 atom stereocenters. The predicted octanol–water partition coefficient (Wildman–Crippen LogP) is -1.30. The van der Waals surface area contributed by atoms with Crippen LogP contribution >= 0.6 is 0 Å². The van der Waals surface area contributed by atoms with E-state index in [9.17, 15) is 14.7 Å². The maximum Gasteiger partial charge on any atom is 0.407 e. The highest BCUT2D eigenvalue weighted by Crippen LogP contribution is 2.20. The number of likely N-dealkylation sites (tertiary alicyclic amines) is 1. The lowest BCUT2D eigenvalue weighted by atomic mass is 10.2. The van der Waals surface area contributed by atoms with E-state index in [1.807, 2.05) is 0 Å². The Morgan fingerprint density at radius 1 is 1.71 bits per heavy atom. The molecule has 0 spiro atoms. The van der Waals surface area contributed by atoms with Gasteiger partial charge in [0.1, 0.15) is 12.1 Å². The number of hydrogen-bond donors (Lipinski definition) is 2. The Hall–Kier alpha value is -1.34. The number of nitrogens with zero attached hydrogens (tertiary/aromatic N) is 1. The Kier molecular flexibility index (Phi) is 3.49. The minimum absolute atomic E-state index is 0.278. The lowest BCUT2D eigenvalue weighted by molar-refractivity contribution is -0.146. The van der Waals surface area contributed by atoms with Crippen molar-refractivity contribution in [1.82, 2.24) is 10.2 Å². The van der Waals surface area contributed by atoms with Crippen LogP contribution in [0.5, 0.6) is 0 Å². The number of β-amino-alcohol motifs (C(OH)–C–C–N with tert-alkyl or cyclic N) is 1. The summed E-state index contributed by atoms with van der Waals surface area (Å²) in [5, 5.41) is 12.1. The van der Waals surface area contributed by atoms with Gasteiger partial charge in [-0.15, -0.1) is 0 Å².